The molecule has 2 aromatic rings. The molecule has 1 fully saturated rings. The molecule has 0 aliphatic carbocycles. The molecule has 1 saturated heterocycles. The smallest absolute Gasteiger partial charge is 0.462 e. The highest BCUT2D eigenvalue weighted by Gasteiger charge is 2.57. The molecule has 0 spiro atoms. The average Bonchev–Trinajstić information content (AvgIpc) is 3.83. The van der Waals surface area contributed by atoms with Crippen LogP contribution in [0.25, 0.3) is 5.52 Å². The van der Waals surface area contributed by atoms with Crippen molar-refractivity contribution in [2.45, 2.75) is 224 Å². The summed E-state index contributed by atoms with van der Waals surface area (Å²) in [6, 6.07) is 4.87. The third-order valence-corrected chi connectivity index (χ3v) is 12.9. The fraction of sp³-hybridized carbons (Fsp3) is 0.809. The maximum absolute atomic E-state index is 13.1. The largest absolute Gasteiger partial charge is 0.472 e. The first kappa shape index (κ1) is 55.2. The van der Waals surface area contributed by atoms with Gasteiger partial charge in [0.05, 0.1) is 12.3 Å². The number of aliphatic hydroxyl groups is 2. The number of phosphoric acid groups is 1. The summed E-state index contributed by atoms with van der Waals surface area (Å²) in [7, 11) is -5.01. The Labute approximate surface area is 381 Å². The van der Waals surface area contributed by atoms with E-state index in [2.05, 4.69) is 23.9 Å². The number of carbonyl (C=O) groups excluding carboxylic acids is 2. The Balaban J connectivity index is 1.45. The summed E-state index contributed by atoms with van der Waals surface area (Å²) in [4.78, 5) is 40.2. The van der Waals surface area contributed by atoms with Crippen molar-refractivity contribution in [3.8, 4) is 6.07 Å². The molecule has 16 nitrogen and oxygen atoms in total. The van der Waals surface area contributed by atoms with Gasteiger partial charge in [-0.15, -0.1) is 0 Å². The molecule has 0 saturated carbocycles. The van der Waals surface area contributed by atoms with Crippen molar-refractivity contribution in [2.24, 2.45) is 0 Å². The van der Waals surface area contributed by atoms with Gasteiger partial charge in [0.15, 0.2) is 11.9 Å². The summed E-state index contributed by atoms with van der Waals surface area (Å²) in [5.74, 6) is -0.894. The first-order valence-corrected chi connectivity index (χ1v) is 26.0. The maximum atomic E-state index is 13.1. The van der Waals surface area contributed by atoms with Crippen LogP contribution in [0.3, 0.4) is 0 Å². The molecule has 364 valence electrons. The molecule has 0 aromatic carbocycles. The Hall–Kier alpha value is -3.16. The molecule has 0 radical (unpaired) electrons. The molecule has 2 aromatic heterocycles. The number of aliphatic hydroxyl groups excluding tert-OH is 2. The lowest BCUT2D eigenvalue weighted by Crippen LogP contribution is -2.45. The van der Waals surface area contributed by atoms with Gasteiger partial charge in [-0.1, -0.05) is 168 Å². The van der Waals surface area contributed by atoms with Gasteiger partial charge in [0, 0.05) is 12.8 Å². The zero-order valence-electron chi connectivity index (χ0n) is 38.9. The number of aromatic nitrogens is 3. The molecule has 0 amide bonds. The Bertz CT molecular complexity index is 1690. The van der Waals surface area contributed by atoms with Crippen LogP contribution in [0.4, 0.5) is 5.82 Å². The maximum Gasteiger partial charge on any atom is 0.472 e. The fourth-order valence-electron chi connectivity index (χ4n) is 8.06. The average molecular weight is 922 g/mol. The van der Waals surface area contributed by atoms with E-state index >= 15 is 0 Å². The summed E-state index contributed by atoms with van der Waals surface area (Å²) in [6.07, 6.45) is 25.7. The first-order chi connectivity index (χ1) is 31.0. The highest BCUT2D eigenvalue weighted by atomic mass is 31.2. The van der Waals surface area contributed by atoms with E-state index in [1.54, 1.807) is 12.1 Å². The van der Waals surface area contributed by atoms with E-state index < -0.39 is 69.6 Å². The van der Waals surface area contributed by atoms with Crippen LogP contribution in [-0.4, -0.2) is 85.4 Å². The van der Waals surface area contributed by atoms with Crippen molar-refractivity contribution in [1.29, 1.82) is 5.26 Å². The summed E-state index contributed by atoms with van der Waals surface area (Å²) in [5, 5.41) is 36.1. The molecular formula is C47H80N5O11P. The third kappa shape index (κ3) is 20.6. The SMILES string of the molecule is CCCCCCCCCCCCCCCC(=O)OCC(COP(=O)(O)OC[C@@]1(C#N)O[C@@H](c2ccc3c(N)ncnn23)[C@H](O)[C@@H]1O)OC(=O)CCCCCCCCCCCCCCC. The van der Waals surface area contributed by atoms with E-state index in [0.29, 0.717) is 18.4 Å². The summed E-state index contributed by atoms with van der Waals surface area (Å²) >= 11 is 0. The van der Waals surface area contributed by atoms with Gasteiger partial charge in [-0.25, -0.2) is 14.1 Å². The quantitative estimate of drug-likeness (QED) is 0.0278. The Morgan fingerprint density at radius 3 is 1.77 bits per heavy atom. The second-order valence-corrected chi connectivity index (χ2v) is 18.9. The number of nitrogens with zero attached hydrogens (tertiary/aromatic N) is 4. The van der Waals surface area contributed by atoms with Crippen molar-refractivity contribution < 1.29 is 52.5 Å². The number of nitrogens with two attached hydrogens (primary N) is 1. The number of carbonyl (C=O) groups is 2. The lowest BCUT2D eigenvalue weighted by molar-refractivity contribution is -0.161. The number of ether oxygens (including phenoxy) is 3. The number of esters is 2. The molecule has 1 aliphatic heterocycles. The monoisotopic (exact) mass is 922 g/mol. The number of phosphoric ester groups is 1. The van der Waals surface area contributed by atoms with Crippen molar-refractivity contribution in [3.63, 3.8) is 0 Å². The van der Waals surface area contributed by atoms with Crippen molar-refractivity contribution in [2.75, 3.05) is 25.6 Å². The molecule has 17 heteroatoms. The van der Waals surface area contributed by atoms with Crippen LogP contribution in [-0.2, 0) is 37.4 Å². The number of hydrogen-bond acceptors (Lipinski definition) is 14. The van der Waals surface area contributed by atoms with Crippen molar-refractivity contribution in [3.05, 3.63) is 24.2 Å². The van der Waals surface area contributed by atoms with E-state index in [-0.39, 0.29) is 24.4 Å². The van der Waals surface area contributed by atoms with Crippen LogP contribution >= 0.6 is 7.82 Å². The van der Waals surface area contributed by atoms with E-state index in [1.165, 1.54) is 132 Å². The minimum absolute atomic E-state index is 0.118. The minimum Gasteiger partial charge on any atom is -0.462 e. The van der Waals surface area contributed by atoms with E-state index in [1.807, 2.05) is 0 Å². The summed E-state index contributed by atoms with van der Waals surface area (Å²) in [6.45, 7) is 2.40. The zero-order valence-corrected chi connectivity index (χ0v) is 39.8. The predicted octanol–water partition coefficient (Wildman–Crippen LogP) is 9.92. The normalized spacial score (nSPS) is 20.0. The van der Waals surface area contributed by atoms with Gasteiger partial charge in [0.1, 0.15) is 49.4 Å². The number of nitrogen functional groups attached to an aromatic ring is 1. The van der Waals surface area contributed by atoms with E-state index in [9.17, 15) is 34.5 Å². The molecule has 2 unspecified atom stereocenters. The van der Waals surface area contributed by atoms with E-state index in [4.69, 9.17) is 29.0 Å². The van der Waals surface area contributed by atoms with E-state index in [0.717, 1.165) is 38.5 Å². The second-order valence-electron chi connectivity index (χ2n) is 17.5. The van der Waals surface area contributed by atoms with Crippen LogP contribution in [0.1, 0.15) is 205 Å². The molecule has 6 atom stereocenters. The highest BCUT2D eigenvalue weighted by Crippen LogP contribution is 2.47. The molecule has 3 rings (SSSR count). The lowest BCUT2D eigenvalue weighted by atomic mass is 9.96. The number of hydrogen-bond donors (Lipinski definition) is 4. The Kier molecular flexibility index (Phi) is 27.3. The fourth-order valence-corrected chi connectivity index (χ4v) is 8.84. The van der Waals surface area contributed by atoms with Gasteiger partial charge in [0.25, 0.3) is 0 Å². The Morgan fingerprint density at radius 2 is 1.27 bits per heavy atom. The summed E-state index contributed by atoms with van der Waals surface area (Å²) < 4.78 is 41.6. The minimum atomic E-state index is -5.01. The molecule has 0 bridgehead atoms. The number of rotatable bonds is 38. The van der Waals surface area contributed by atoms with Crippen LogP contribution in [0.5, 0.6) is 0 Å². The first-order valence-electron chi connectivity index (χ1n) is 24.5. The number of anilines is 1. The van der Waals surface area contributed by atoms with Gasteiger partial charge in [-0.05, 0) is 25.0 Å². The lowest BCUT2D eigenvalue weighted by Gasteiger charge is -2.25. The Morgan fingerprint density at radius 1 is 0.781 bits per heavy atom. The van der Waals surface area contributed by atoms with Gasteiger partial charge in [-0.2, -0.15) is 10.4 Å². The zero-order chi connectivity index (χ0) is 46.5. The van der Waals surface area contributed by atoms with Crippen LogP contribution < -0.4 is 5.73 Å². The molecule has 64 heavy (non-hydrogen) atoms. The number of nitriles is 1. The van der Waals surface area contributed by atoms with Crippen molar-refractivity contribution in [1.82, 2.24) is 14.6 Å². The second kappa shape index (κ2) is 31.7. The third-order valence-electron chi connectivity index (χ3n) is 12.0. The van der Waals surface area contributed by atoms with Crippen LogP contribution in [0.2, 0.25) is 0 Å². The summed E-state index contributed by atoms with van der Waals surface area (Å²) in [5.41, 5.74) is 4.26. The van der Waals surface area contributed by atoms with Gasteiger partial charge >= 0.3 is 19.8 Å². The van der Waals surface area contributed by atoms with Gasteiger partial charge < -0.3 is 35.1 Å². The van der Waals surface area contributed by atoms with Crippen LogP contribution in [0.15, 0.2) is 18.5 Å². The van der Waals surface area contributed by atoms with Gasteiger partial charge in [0.2, 0.25) is 5.60 Å². The number of fused-ring (bicyclic) bond motifs is 1. The highest BCUT2D eigenvalue weighted by molar-refractivity contribution is 7.47. The van der Waals surface area contributed by atoms with Crippen LogP contribution in [0, 0.1) is 11.3 Å². The topological polar surface area (TPSA) is 238 Å². The molecular weight excluding hydrogens is 842 g/mol. The van der Waals surface area contributed by atoms with Crippen molar-refractivity contribution >= 4 is 31.1 Å². The molecule has 1 aliphatic rings. The number of unbranched alkanes of at least 4 members (excludes halogenated alkanes) is 24. The molecule has 3 heterocycles. The van der Waals surface area contributed by atoms with Gasteiger partial charge in [-0.3, -0.25) is 18.6 Å². The standard InChI is InChI=1S/C47H80N5O11P/c1-3-5-7-9-11-13-15-17-19-21-23-25-27-29-41(53)59-33-38(62-42(54)30-28-26-24-22-20-18-16-14-12-10-8-6-4-2)34-60-64(57,58)61-36-47(35-48)45(56)43(55)44(63-47)39-31-32-40-46(49)50-37-51-52(39)40/h31-32,37-38,43-45,55-56H,3-30,33-34,36H2,1-2H3,(H,57,58)(H2,49,50,51)/t38?,43-,44-,45-,47+/m0/s1. The predicted molar refractivity (Wildman–Crippen MR) is 245 cm³/mol. The molecule has 5 N–H and O–H groups in total.